The lowest BCUT2D eigenvalue weighted by molar-refractivity contribution is -0.149. The van der Waals surface area contributed by atoms with Crippen molar-refractivity contribution in [3.05, 3.63) is 35.5 Å². The quantitative estimate of drug-likeness (QED) is 0.577. The summed E-state index contributed by atoms with van der Waals surface area (Å²) in [6.07, 6.45) is 9.19. The molecule has 0 saturated heterocycles. The van der Waals surface area contributed by atoms with Crippen LogP contribution < -0.4 is 0 Å². The van der Waals surface area contributed by atoms with Crippen LogP contribution in [-0.4, -0.2) is 29.6 Å². The van der Waals surface area contributed by atoms with Gasteiger partial charge in [0.2, 0.25) is 0 Å². The topological polar surface area (TPSA) is 63.6 Å². The predicted molar refractivity (Wildman–Crippen MR) is 102 cm³/mol. The molecule has 6 atom stereocenters. The minimum atomic E-state index is -0.333. The molecule has 2 aliphatic rings. The molecule has 0 radical (unpaired) electrons. The summed E-state index contributed by atoms with van der Waals surface area (Å²) in [7, 11) is 0. The average molecular weight is 360 g/mol. The Hall–Kier alpha value is -1.68. The van der Waals surface area contributed by atoms with Crippen molar-refractivity contribution in [2.45, 2.75) is 53.6 Å². The van der Waals surface area contributed by atoms with E-state index >= 15 is 0 Å². The Bertz CT molecular complexity index is 624. The molecule has 144 valence electrons. The third kappa shape index (κ3) is 4.53. The second kappa shape index (κ2) is 8.81. The molecule has 0 amide bonds. The molecule has 0 spiro atoms. The molecule has 4 nitrogen and oxygen atoms in total. The highest BCUT2D eigenvalue weighted by Gasteiger charge is 2.51. The Morgan fingerprint density at radius 1 is 1.27 bits per heavy atom. The number of ether oxygens (including phenoxy) is 1. The molecule has 0 aromatic heterocycles. The molecule has 1 fully saturated rings. The SMILES string of the molecule is CC(=O)OC1C[C@@H](/C(C)=C\CC=C(C)C)[C@@H]([C@H]2C(=O)C=C[C@H]2C)C1CO. The van der Waals surface area contributed by atoms with Crippen LogP contribution in [0.1, 0.15) is 47.5 Å². The van der Waals surface area contributed by atoms with Crippen LogP contribution in [0.5, 0.6) is 0 Å². The number of carbonyl (C=O) groups excluding carboxylic acids is 2. The number of aliphatic hydroxyl groups is 1. The molecular formula is C22H32O4. The number of rotatable bonds is 6. The zero-order valence-electron chi connectivity index (χ0n) is 16.6. The predicted octanol–water partition coefficient (Wildman–Crippen LogP) is 3.86. The van der Waals surface area contributed by atoms with Gasteiger partial charge in [0.05, 0.1) is 0 Å². The Labute approximate surface area is 157 Å². The first-order valence-electron chi connectivity index (χ1n) is 9.56. The smallest absolute Gasteiger partial charge is 0.302 e. The fourth-order valence-corrected chi connectivity index (χ4v) is 4.63. The zero-order chi connectivity index (χ0) is 19.4. The maximum atomic E-state index is 12.5. The summed E-state index contributed by atoms with van der Waals surface area (Å²) < 4.78 is 5.53. The van der Waals surface area contributed by atoms with Crippen LogP contribution in [0.15, 0.2) is 35.5 Å². The van der Waals surface area contributed by atoms with Crippen LogP contribution in [-0.2, 0) is 14.3 Å². The highest BCUT2D eigenvalue weighted by atomic mass is 16.5. The second-order valence-corrected chi connectivity index (χ2v) is 8.03. The number of hydrogen-bond donors (Lipinski definition) is 1. The zero-order valence-corrected chi connectivity index (χ0v) is 16.6. The van der Waals surface area contributed by atoms with Crippen LogP contribution in [0.2, 0.25) is 0 Å². The van der Waals surface area contributed by atoms with Gasteiger partial charge in [-0.05, 0) is 57.4 Å². The van der Waals surface area contributed by atoms with Crippen molar-refractivity contribution in [1.82, 2.24) is 0 Å². The molecule has 4 heteroatoms. The lowest BCUT2D eigenvalue weighted by atomic mass is 9.71. The molecule has 0 aliphatic heterocycles. The summed E-state index contributed by atoms with van der Waals surface area (Å²) in [6.45, 7) is 9.63. The number of esters is 1. The third-order valence-electron chi connectivity index (χ3n) is 5.88. The van der Waals surface area contributed by atoms with Crippen LogP contribution in [0.3, 0.4) is 0 Å². The number of hydrogen-bond acceptors (Lipinski definition) is 4. The number of allylic oxidation sites excluding steroid dienone is 6. The summed E-state index contributed by atoms with van der Waals surface area (Å²) in [5, 5.41) is 10.0. The van der Waals surface area contributed by atoms with Crippen LogP contribution >= 0.6 is 0 Å². The second-order valence-electron chi connectivity index (χ2n) is 8.03. The van der Waals surface area contributed by atoms with Gasteiger partial charge < -0.3 is 9.84 Å². The molecule has 0 bridgehead atoms. The van der Waals surface area contributed by atoms with Gasteiger partial charge in [-0.15, -0.1) is 0 Å². The Morgan fingerprint density at radius 2 is 1.96 bits per heavy atom. The molecule has 26 heavy (non-hydrogen) atoms. The average Bonchev–Trinajstić information content (AvgIpc) is 3.05. The largest absolute Gasteiger partial charge is 0.462 e. The lowest BCUT2D eigenvalue weighted by Crippen LogP contribution is -2.36. The Kier molecular flexibility index (Phi) is 6.99. The van der Waals surface area contributed by atoms with Gasteiger partial charge in [-0.1, -0.05) is 36.3 Å². The van der Waals surface area contributed by atoms with Gasteiger partial charge >= 0.3 is 5.97 Å². The van der Waals surface area contributed by atoms with Crippen LogP contribution in [0.25, 0.3) is 0 Å². The highest BCUT2D eigenvalue weighted by Crippen LogP contribution is 2.50. The van der Waals surface area contributed by atoms with Crippen molar-refractivity contribution in [1.29, 1.82) is 0 Å². The summed E-state index contributed by atoms with van der Waals surface area (Å²) in [5.41, 5.74) is 2.49. The standard InChI is InChI=1S/C22H32O4/c1-13(2)7-6-8-14(3)17-11-20(26-16(5)24)18(12-23)22(17)21-15(4)9-10-19(21)25/h7-10,15,17-18,20-23H,6,11-12H2,1-5H3/b14-8-/t15-,17+,18?,20?,21-,22-/m1/s1. The van der Waals surface area contributed by atoms with E-state index < -0.39 is 0 Å². The number of carbonyl (C=O) groups is 2. The van der Waals surface area contributed by atoms with E-state index in [1.54, 1.807) is 6.08 Å². The van der Waals surface area contributed by atoms with Crippen molar-refractivity contribution in [2.24, 2.45) is 29.6 Å². The van der Waals surface area contributed by atoms with E-state index in [9.17, 15) is 14.7 Å². The molecule has 1 N–H and O–H groups in total. The van der Waals surface area contributed by atoms with Crippen molar-refractivity contribution >= 4 is 11.8 Å². The van der Waals surface area contributed by atoms with Gasteiger partial charge in [0.25, 0.3) is 0 Å². The highest BCUT2D eigenvalue weighted by molar-refractivity contribution is 5.94. The molecule has 1 saturated carbocycles. The summed E-state index contributed by atoms with van der Waals surface area (Å²) in [5.74, 6) is -0.278. The molecule has 0 heterocycles. The van der Waals surface area contributed by atoms with Crippen molar-refractivity contribution in [2.75, 3.05) is 6.61 Å². The first kappa shape index (κ1) is 20.6. The first-order valence-corrected chi connectivity index (χ1v) is 9.56. The van der Waals surface area contributed by atoms with Gasteiger partial charge in [-0.3, -0.25) is 9.59 Å². The molecular weight excluding hydrogens is 328 g/mol. The number of ketones is 1. The lowest BCUT2D eigenvalue weighted by Gasteiger charge is -2.32. The van der Waals surface area contributed by atoms with E-state index in [1.807, 2.05) is 6.08 Å². The minimum absolute atomic E-state index is 0.00944. The van der Waals surface area contributed by atoms with E-state index in [0.717, 1.165) is 6.42 Å². The fourth-order valence-electron chi connectivity index (χ4n) is 4.63. The Balaban J connectivity index is 2.33. The van der Waals surface area contributed by atoms with Crippen molar-refractivity contribution in [3.63, 3.8) is 0 Å². The van der Waals surface area contributed by atoms with Crippen LogP contribution in [0.4, 0.5) is 0 Å². The van der Waals surface area contributed by atoms with Gasteiger partial charge in [0, 0.05) is 25.4 Å². The van der Waals surface area contributed by atoms with E-state index in [-0.39, 0.29) is 54.1 Å². The summed E-state index contributed by atoms with van der Waals surface area (Å²) in [6, 6.07) is 0. The molecule has 2 rings (SSSR count). The maximum Gasteiger partial charge on any atom is 0.302 e. The van der Waals surface area contributed by atoms with E-state index in [4.69, 9.17) is 4.74 Å². The Morgan fingerprint density at radius 3 is 2.46 bits per heavy atom. The molecule has 2 unspecified atom stereocenters. The third-order valence-corrected chi connectivity index (χ3v) is 5.88. The van der Waals surface area contributed by atoms with Crippen LogP contribution in [0, 0.1) is 29.6 Å². The minimum Gasteiger partial charge on any atom is -0.462 e. The summed E-state index contributed by atoms with van der Waals surface area (Å²) >= 11 is 0. The molecule has 0 aromatic rings. The first-order chi connectivity index (χ1) is 12.3. The van der Waals surface area contributed by atoms with E-state index in [1.165, 1.54) is 18.1 Å². The number of aliphatic hydroxyl groups excluding tert-OH is 1. The summed E-state index contributed by atoms with van der Waals surface area (Å²) in [4.78, 5) is 24.1. The van der Waals surface area contributed by atoms with Gasteiger partial charge in [-0.2, -0.15) is 0 Å². The monoisotopic (exact) mass is 360 g/mol. The fraction of sp³-hybridized carbons (Fsp3) is 0.636. The van der Waals surface area contributed by atoms with Gasteiger partial charge in [0.1, 0.15) is 6.10 Å². The van der Waals surface area contributed by atoms with Crippen molar-refractivity contribution < 1.29 is 19.4 Å². The van der Waals surface area contributed by atoms with E-state index in [0.29, 0.717) is 6.42 Å². The molecule has 2 aliphatic carbocycles. The van der Waals surface area contributed by atoms with Gasteiger partial charge in [0.15, 0.2) is 5.78 Å². The molecule has 0 aromatic carbocycles. The van der Waals surface area contributed by atoms with Crippen molar-refractivity contribution in [3.8, 4) is 0 Å². The normalized spacial score (nSPS) is 34.2. The van der Waals surface area contributed by atoms with E-state index in [2.05, 4.69) is 39.8 Å². The van der Waals surface area contributed by atoms with Gasteiger partial charge in [-0.25, -0.2) is 0 Å². The maximum absolute atomic E-state index is 12.5.